The molecular weight excluding hydrogens is 511 g/mol. The van der Waals surface area contributed by atoms with E-state index in [0.717, 1.165) is 17.5 Å². The van der Waals surface area contributed by atoms with Crippen LogP contribution in [0.5, 0.6) is 0 Å². The average Bonchev–Trinajstić information content (AvgIpc) is 3.29. The topological polar surface area (TPSA) is 195 Å². The zero-order valence-electron chi connectivity index (χ0n) is 22.6. The van der Waals surface area contributed by atoms with Crippen molar-refractivity contribution >= 4 is 36.0 Å². The molecule has 214 valence electrons. The molecule has 4 rings (SSSR count). The molecule has 2 aliphatic rings. The van der Waals surface area contributed by atoms with Crippen molar-refractivity contribution < 1.29 is 24.1 Å². The lowest BCUT2D eigenvalue weighted by atomic mass is 9.79. The van der Waals surface area contributed by atoms with E-state index < -0.39 is 31.0 Å². The van der Waals surface area contributed by atoms with Crippen LogP contribution in [0.1, 0.15) is 49.7 Å². The maximum atomic E-state index is 13.3. The third-order valence-electron chi connectivity index (χ3n) is 7.44. The molecule has 1 aliphatic heterocycles. The second-order valence-electron chi connectivity index (χ2n) is 10.8. The van der Waals surface area contributed by atoms with Gasteiger partial charge in [0.05, 0.1) is 12.6 Å². The Hall–Kier alpha value is -3.29. The SMILES string of the molecule is N[C@@H]1CC(NC(=O)CC[C@H](N)C(=O)N[C@H](CCc2ccccc2)C(=O)Nc2ccc3c(c2)B(O)OC3)C[C@H](N)C1. The van der Waals surface area contributed by atoms with Crippen molar-refractivity contribution in [3.05, 3.63) is 59.7 Å². The van der Waals surface area contributed by atoms with Crippen molar-refractivity contribution in [1.29, 1.82) is 0 Å². The van der Waals surface area contributed by atoms with Crippen molar-refractivity contribution in [2.45, 2.75) is 81.8 Å². The molecule has 2 aromatic carbocycles. The monoisotopic (exact) mass is 550 g/mol. The average molecular weight is 550 g/mol. The van der Waals surface area contributed by atoms with E-state index in [1.165, 1.54) is 0 Å². The fraction of sp³-hybridized carbons (Fsp3) is 0.464. The summed E-state index contributed by atoms with van der Waals surface area (Å²) in [7, 11) is -1.04. The number of fused-ring (bicyclic) bond motifs is 1. The second-order valence-corrected chi connectivity index (χ2v) is 10.8. The van der Waals surface area contributed by atoms with E-state index in [1.807, 2.05) is 30.3 Å². The zero-order valence-corrected chi connectivity index (χ0v) is 22.6. The Morgan fingerprint density at radius 2 is 1.73 bits per heavy atom. The second kappa shape index (κ2) is 13.9. The van der Waals surface area contributed by atoms with E-state index in [-0.39, 0.29) is 36.9 Å². The quantitative estimate of drug-likeness (QED) is 0.180. The Kier molecular flexibility index (Phi) is 10.3. The Morgan fingerprint density at radius 3 is 2.45 bits per heavy atom. The lowest BCUT2D eigenvalue weighted by molar-refractivity contribution is -0.128. The molecule has 2 aromatic rings. The minimum absolute atomic E-state index is 0.0451. The maximum absolute atomic E-state index is 13.3. The molecule has 0 aromatic heterocycles. The van der Waals surface area contributed by atoms with Crippen LogP contribution in [0.2, 0.25) is 0 Å². The summed E-state index contributed by atoms with van der Waals surface area (Å²) in [5.74, 6) is -1.14. The molecule has 0 radical (unpaired) electrons. The molecule has 0 bridgehead atoms. The van der Waals surface area contributed by atoms with Gasteiger partial charge in [-0.2, -0.15) is 0 Å². The molecule has 40 heavy (non-hydrogen) atoms. The van der Waals surface area contributed by atoms with E-state index in [4.69, 9.17) is 21.9 Å². The highest BCUT2D eigenvalue weighted by Gasteiger charge is 2.29. The lowest BCUT2D eigenvalue weighted by Gasteiger charge is -2.31. The van der Waals surface area contributed by atoms with E-state index in [2.05, 4.69) is 16.0 Å². The van der Waals surface area contributed by atoms with Gasteiger partial charge in [-0.15, -0.1) is 0 Å². The van der Waals surface area contributed by atoms with Crippen LogP contribution in [0.3, 0.4) is 0 Å². The van der Waals surface area contributed by atoms with Gasteiger partial charge in [0.15, 0.2) is 0 Å². The van der Waals surface area contributed by atoms with Crippen molar-refractivity contribution in [2.24, 2.45) is 17.2 Å². The molecule has 5 atom stereocenters. The third-order valence-corrected chi connectivity index (χ3v) is 7.44. The van der Waals surface area contributed by atoms with Crippen LogP contribution < -0.4 is 38.6 Å². The largest absolute Gasteiger partial charge is 0.491 e. The first-order chi connectivity index (χ1) is 19.2. The third kappa shape index (κ3) is 8.36. The Morgan fingerprint density at radius 1 is 1.00 bits per heavy atom. The molecule has 10 N–H and O–H groups in total. The molecular formula is C28H39BN6O5. The number of hydrogen-bond acceptors (Lipinski definition) is 8. The highest BCUT2D eigenvalue weighted by atomic mass is 16.5. The molecule has 1 saturated carbocycles. The van der Waals surface area contributed by atoms with Gasteiger partial charge in [-0.05, 0) is 67.2 Å². The van der Waals surface area contributed by atoms with Gasteiger partial charge in [0.1, 0.15) is 6.04 Å². The first kappa shape index (κ1) is 29.7. The van der Waals surface area contributed by atoms with Crippen molar-refractivity contribution in [3.8, 4) is 0 Å². The molecule has 1 unspecified atom stereocenters. The predicted molar refractivity (Wildman–Crippen MR) is 153 cm³/mol. The summed E-state index contributed by atoms with van der Waals surface area (Å²) in [6.07, 6.45) is 3.15. The summed E-state index contributed by atoms with van der Waals surface area (Å²) in [5.41, 5.74) is 21.1. The Balaban J connectivity index is 1.33. The molecule has 3 amide bonds. The predicted octanol–water partition coefficient (Wildman–Crippen LogP) is -0.609. The fourth-order valence-corrected chi connectivity index (χ4v) is 5.27. The summed E-state index contributed by atoms with van der Waals surface area (Å²) in [6, 6.07) is 12.8. The first-order valence-corrected chi connectivity index (χ1v) is 13.8. The summed E-state index contributed by atoms with van der Waals surface area (Å²) < 4.78 is 5.22. The van der Waals surface area contributed by atoms with Gasteiger partial charge in [0.2, 0.25) is 17.7 Å². The minimum Gasteiger partial charge on any atom is -0.423 e. The van der Waals surface area contributed by atoms with Gasteiger partial charge in [-0.3, -0.25) is 14.4 Å². The van der Waals surface area contributed by atoms with Gasteiger partial charge in [-0.1, -0.05) is 36.4 Å². The standard InChI is InChI=1S/C28H39BN6O5/c30-19-12-20(31)14-22(13-19)33-26(36)11-9-24(32)27(37)35-25(10-6-17-4-2-1-3-5-17)28(38)34-21-8-7-18-16-40-29(39)23(18)15-21/h1-5,7-8,15,19-20,22,24-25,39H,6,9-14,16,30-32H2,(H,33,36)(H,34,38)(H,35,37)/t19-,20+,22?,24-,25+/m0/s1. The normalized spacial score (nSPS) is 21.7. The van der Waals surface area contributed by atoms with Gasteiger partial charge in [0.25, 0.3) is 0 Å². The summed E-state index contributed by atoms with van der Waals surface area (Å²) in [4.78, 5) is 38.7. The number of hydrogen-bond donors (Lipinski definition) is 7. The molecule has 0 spiro atoms. The fourth-order valence-electron chi connectivity index (χ4n) is 5.27. The van der Waals surface area contributed by atoms with E-state index in [1.54, 1.807) is 18.2 Å². The van der Waals surface area contributed by atoms with Gasteiger partial charge in [-0.25, -0.2) is 0 Å². The number of carbonyl (C=O) groups excluding carboxylic acids is 3. The number of carbonyl (C=O) groups is 3. The van der Waals surface area contributed by atoms with Gasteiger partial charge in [0, 0.05) is 30.2 Å². The Bertz CT molecular complexity index is 1180. The summed E-state index contributed by atoms with van der Waals surface area (Å²) in [6.45, 7) is 0.304. The Labute approximate surface area is 234 Å². The van der Waals surface area contributed by atoms with E-state index in [9.17, 15) is 19.4 Å². The van der Waals surface area contributed by atoms with Crippen molar-refractivity contribution in [3.63, 3.8) is 0 Å². The van der Waals surface area contributed by atoms with E-state index >= 15 is 0 Å². The summed E-state index contributed by atoms with van der Waals surface area (Å²) >= 11 is 0. The van der Waals surface area contributed by atoms with Crippen molar-refractivity contribution in [1.82, 2.24) is 10.6 Å². The number of rotatable bonds is 11. The van der Waals surface area contributed by atoms with E-state index in [0.29, 0.717) is 43.4 Å². The molecule has 0 saturated heterocycles. The lowest BCUT2D eigenvalue weighted by Crippen LogP contribution is -2.51. The number of aryl methyl sites for hydroxylation is 1. The number of nitrogens with one attached hydrogen (secondary N) is 3. The number of anilines is 1. The van der Waals surface area contributed by atoms with Gasteiger partial charge < -0.3 is 42.8 Å². The summed E-state index contributed by atoms with van der Waals surface area (Å²) in [5, 5.41) is 18.5. The molecule has 12 heteroatoms. The van der Waals surface area contributed by atoms with Gasteiger partial charge >= 0.3 is 7.12 Å². The number of benzene rings is 2. The van der Waals surface area contributed by atoms with Crippen molar-refractivity contribution in [2.75, 3.05) is 5.32 Å². The molecule has 1 fully saturated rings. The first-order valence-electron chi connectivity index (χ1n) is 13.8. The van der Waals surface area contributed by atoms with Crippen LogP contribution in [0, 0.1) is 0 Å². The van der Waals surface area contributed by atoms with Crippen LogP contribution in [0.4, 0.5) is 5.69 Å². The maximum Gasteiger partial charge on any atom is 0.491 e. The highest BCUT2D eigenvalue weighted by molar-refractivity contribution is 6.61. The zero-order chi connectivity index (χ0) is 28.6. The number of amides is 3. The minimum atomic E-state index is -1.04. The smallest absolute Gasteiger partial charge is 0.423 e. The molecule has 1 heterocycles. The molecule has 11 nitrogen and oxygen atoms in total. The number of nitrogens with two attached hydrogens (primary N) is 3. The van der Waals surface area contributed by atoms with Crippen LogP contribution >= 0.6 is 0 Å². The van der Waals surface area contributed by atoms with Crippen LogP contribution in [0.25, 0.3) is 0 Å². The molecule has 1 aliphatic carbocycles. The van der Waals surface area contributed by atoms with Crippen LogP contribution in [0.15, 0.2) is 48.5 Å². The van der Waals surface area contributed by atoms with Crippen LogP contribution in [-0.2, 0) is 32.1 Å². The highest BCUT2D eigenvalue weighted by Crippen LogP contribution is 2.17. The van der Waals surface area contributed by atoms with Crippen LogP contribution in [-0.4, -0.2) is 60.1 Å².